The van der Waals surface area contributed by atoms with E-state index in [0.29, 0.717) is 5.69 Å². The molecule has 15 heavy (non-hydrogen) atoms. The van der Waals surface area contributed by atoms with E-state index in [1.54, 1.807) is 17.1 Å². The van der Waals surface area contributed by atoms with E-state index in [9.17, 15) is 0 Å². The first-order chi connectivity index (χ1) is 7.29. The lowest BCUT2D eigenvalue weighted by molar-refractivity contribution is 0.276. The van der Waals surface area contributed by atoms with Crippen molar-refractivity contribution in [2.75, 3.05) is 0 Å². The highest BCUT2D eigenvalue weighted by Crippen LogP contribution is 1.99. The number of aliphatic hydroxyl groups is 1. The van der Waals surface area contributed by atoms with Crippen LogP contribution in [0.25, 0.3) is 0 Å². The third-order valence-electron chi connectivity index (χ3n) is 2.23. The molecular weight excluding hydrogens is 194 g/mol. The van der Waals surface area contributed by atoms with Gasteiger partial charge in [0.1, 0.15) is 11.5 Å². The van der Waals surface area contributed by atoms with Gasteiger partial charge in [0, 0.05) is 32.4 Å². The summed E-state index contributed by atoms with van der Waals surface area (Å²) in [5.41, 5.74) is 0.592. The molecule has 0 saturated heterocycles. The van der Waals surface area contributed by atoms with E-state index in [0.717, 1.165) is 18.8 Å². The van der Waals surface area contributed by atoms with Crippen molar-refractivity contribution in [3.05, 3.63) is 30.1 Å². The van der Waals surface area contributed by atoms with E-state index in [1.165, 1.54) is 0 Å². The molecule has 0 unspecified atom stereocenters. The van der Waals surface area contributed by atoms with Gasteiger partial charge < -0.3 is 9.67 Å². The summed E-state index contributed by atoms with van der Waals surface area (Å²) in [6.45, 7) is 0.653. The Morgan fingerprint density at radius 2 is 2.33 bits per heavy atom. The predicted molar refractivity (Wildman–Crippen MR) is 52.9 cm³/mol. The second-order valence-electron chi connectivity index (χ2n) is 3.34. The highest BCUT2D eigenvalue weighted by atomic mass is 16.3. The van der Waals surface area contributed by atoms with Crippen LogP contribution in [0.3, 0.4) is 0 Å². The lowest BCUT2D eigenvalue weighted by Crippen LogP contribution is -2.06. The molecule has 0 aliphatic rings. The number of aliphatic hydroxyl groups excluding tert-OH is 1. The summed E-state index contributed by atoms with van der Waals surface area (Å²) in [7, 11) is 1.96. The highest BCUT2D eigenvalue weighted by Gasteiger charge is 2.02. The second kappa shape index (κ2) is 4.22. The fraction of sp³-hybridized carbons (Fsp3) is 0.444. The van der Waals surface area contributed by atoms with Gasteiger partial charge in [-0.2, -0.15) is 0 Å². The van der Waals surface area contributed by atoms with Gasteiger partial charge in [0.2, 0.25) is 0 Å². The number of aryl methyl sites for hydroxylation is 3. The molecule has 0 bridgehead atoms. The standard InChI is InChI=1S/C9H13N5O/c1-13-5-3-10-9(13)2-4-14-6-8(7-15)11-12-14/h3,5-6,15H,2,4,7H2,1H3. The van der Waals surface area contributed by atoms with Crippen molar-refractivity contribution in [2.45, 2.75) is 19.6 Å². The van der Waals surface area contributed by atoms with Gasteiger partial charge >= 0.3 is 0 Å². The van der Waals surface area contributed by atoms with E-state index in [4.69, 9.17) is 5.11 Å². The summed E-state index contributed by atoms with van der Waals surface area (Å²) < 4.78 is 3.68. The first-order valence-electron chi connectivity index (χ1n) is 4.75. The second-order valence-corrected chi connectivity index (χ2v) is 3.34. The van der Waals surface area contributed by atoms with Gasteiger partial charge in [0.25, 0.3) is 0 Å². The lowest BCUT2D eigenvalue weighted by Gasteiger charge is -2.00. The minimum Gasteiger partial charge on any atom is -0.390 e. The Morgan fingerprint density at radius 3 is 2.93 bits per heavy atom. The third kappa shape index (κ3) is 2.21. The van der Waals surface area contributed by atoms with Gasteiger partial charge in [0.05, 0.1) is 12.8 Å². The molecular formula is C9H13N5O. The molecule has 2 heterocycles. The van der Waals surface area contributed by atoms with Crippen LogP contribution in [0.4, 0.5) is 0 Å². The quantitative estimate of drug-likeness (QED) is 0.750. The zero-order valence-electron chi connectivity index (χ0n) is 8.54. The van der Waals surface area contributed by atoms with Crippen LogP contribution in [0, 0.1) is 0 Å². The predicted octanol–water partition coefficient (Wildman–Crippen LogP) is -0.253. The lowest BCUT2D eigenvalue weighted by atomic mass is 10.4. The van der Waals surface area contributed by atoms with Crippen molar-refractivity contribution in [2.24, 2.45) is 7.05 Å². The molecule has 0 fully saturated rings. The smallest absolute Gasteiger partial charge is 0.110 e. The van der Waals surface area contributed by atoms with E-state index >= 15 is 0 Å². The number of hydrogen-bond donors (Lipinski definition) is 1. The Bertz CT molecular complexity index is 433. The number of aromatic nitrogens is 5. The fourth-order valence-electron chi connectivity index (χ4n) is 1.37. The molecule has 6 heteroatoms. The summed E-state index contributed by atoms with van der Waals surface area (Å²) in [5.74, 6) is 1.01. The Labute approximate surface area is 87.2 Å². The maximum absolute atomic E-state index is 8.81. The number of imidazole rings is 1. The molecule has 80 valence electrons. The molecule has 0 aliphatic heterocycles. The van der Waals surface area contributed by atoms with Crippen LogP contribution >= 0.6 is 0 Å². The van der Waals surface area contributed by atoms with Crippen LogP contribution in [0.1, 0.15) is 11.5 Å². The van der Waals surface area contributed by atoms with Gasteiger partial charge in [0.15, 0.2) is 0 Å². The van der Waals surface area contributed by atoms with Crippen LogP contribution in [0.15, 0.2) is 18.6 Å². The van der Waals surface area contributed by atoms with Crippen LogP contribution in [0.2, 0.25) is 0 Å². The molecule has 0 saturated carbocycles. The summed E-state index contributed by atoms with van der Waals surface area (Å²) >= 11 is 0. The molecule has 0 aromatic carbocycles. The zero-order valence-corrected chi connectivity index (χ0v) is 8.54. The summed E-state index contributed by atoms with van der Waals surface area (Å²) in [4.78, 5) is 4.21. The van der Waals surface area contributed by atoms with E-state index < -0.39 is 0 Å². The molecule has 6 nitrogen and oxygen atoms in total. The fourth-order valence-corrected chi connectivity index (χ4v) is 1.37. The Balaban J connectivity index is 1.96. The van der Waals surface area contributed by atoms with Crippen molar-refractivity contribution >= 4 is 0 Å². The minimum atomic E-state index is -0.0671. The van der Waals surface area contributed by atoms with Gasteiger partial charge in [-0.05, 0) is 0 Å². The Morgan fingerprint density at radius 1 is 1.47 bits per heavy atom. The van der Waals surface area contributed by atoms with Gasteiger partial charge in [-0.15, -0.1) is 5.10 Å². The van der Waals surface area contributed by atoms with Crippen molar-refractivity contribution in [3.8, 4) is 0 Å². The highest BCUT2D eigenvalue weighted by molar-refractivity contribution is 4.93. The largest absolute Gasteiger partial charge is 0.390 e. The molecule has 1 N–H and O–H groups in total. The van der Waals surface area contributed by atoms with E-state index in [1.807, 2.05) is 17.8 Å². The molecule has 0 spiro atoms. The monoisotopic (exact) mass is 207 g/mol. The summed E-state index contributed by atoms with van der Waals surface area (Å²) in [5, 5.41) is 16.5. The van der Waals surface area contributed by atoms with E-state index in [-0.39, 0.29) is 6.61 Å². The van der Waals surface area contributed by atoms with Crippen molar-refractivity contribution in [3.63, 3.8) is 0 Å². The summed E-state index contributed by atoms with van der Waals surface area (Å²) in [6.07, 6.45) is 6.23. The zero-order chi connectivity index (χ0) is 10.7. The van der Waals surface area contributed by atoms with Crippen LogP contribution in [-0.4, -0.2) is 29.7 Å². The average Bonchev–Trinajstić information content (AvgIpc) is 2.84. The van der Waals surface area contributed by atoms with Gasteiger partial charge in [-0.3, -0.25) is 4.68 Å². The first kappa shape index (κ1) is 9.85. The molecule has 0 aliphatic carbocycles. The molecule has 2 rings (SSSR count). The molecule has 2 aromatic heterocycles. The Kier molecular flexibility index (Phi) is 2.77. The topological polar surface area (TPSA) is 68.8 Å². The minimum absolute atomic E-state index is 0.0671. The molecule has 0 amide bonds. The van der Waals surface area contributed by atoms with Crippen LogP contribution < -0.4 is 0 Å². The first-order valence-corrected chi connectivity index (χ1v) is 4.75. The molecule has 0 radical (unpaired) electrons. The van der Waals surface area contributed by atoms with Crippen molar-refractivity contribution in [1.82, 2.24) is 24.5 Å². The number of rotatable bonds is 4. The number of nitrogens with zero attached hydrogens (tertiary/aromatic N) is 5. The van der Waals surface area contributed by atoms with Gasteiger partial charge in [-0.1, -0.05) is 5.21 Å². The Hall–Kier alpha value is -1.69. The molecule has 2 aromatic rings. The van der Waals surface area contributed by atoms with E-state index in [2.05, 4.69) is 15.3 Å². The SMILES string of the molecule is Cn1ccnc1CCn1cc(CO)nn1. The average molecular weight is 207 g/mol. The number of hydrogen-bond acceptors (Lipinski definition) is 4. The van der Waals surface area contributed by atoms with Crippen molar-refractivity contribution < 1.29 is 5.11 Å². The van der Waals surface area contributed by atoms with Crippen molar-refractivity contribution in [1.29, 1.82) is 0 Å². The summed E-state index contributed by atoms with van der Waals surface area (Å²) in [6, 6.07) is 0. The third-order valence-corrected chi connectivity index (χ3v) is 2.23. The maximum Gasteiger partial charge on any atom is 0.110 e. The molecule has 0 atom stereocenters. The van der Waals surface area contributed by atoms with Crippen LogP contribution in [0.5, 0.6) is 0 Å². The van der Waals surface area contributed by atoms with Crippen LogP contribution in [-0.2, 0) is 26.6 Å². The maximum atomic E-state index is 8.81. The van der Waals surface area contributed by atoms with Gasteiger partial charge in [-0.25, -0.2) is 4.98 Å². The normalized spacial score (nSPS) is 10.8.